The van der Waals surface area contributed by atoms with E-state index in [-0.39, 0.29) is 45.7 Å². The number of benzene rings is 1. The molecule has 0 radical (unpaired) electrons. The summed E-state index contributed by atoms with van der Waals surface area (Å²) >= 11 is 0. The second-order valence-electron chi connectivity index (χ2n) is 16.8. The molecule has 1 aliphatic carbocycles. The van der Waals surface area contributed by atoms with Crippen LogP contribution in [-0.2, 0) is 29.7 Å². The van der Waals surface area contributed by atoms with Gasteiger partial charge in [-0.25, -0.2) is 0 Å². The second-order valence-corrected chi connectivity index (χ2v) is 26.3. The zero-order valence-corrected chi connectivity index (χ0v) is 32.7. The summed E-state index contributed by atoms with van der Waals surface area (Å²) in [5.74, 6) is 0.905. The van der Waals surface area contributed by atoms with Gasteiger partial charge in [-0.05, 0) is 84.7 Å². The van der Waals surface area contributed by atoms with Gasteiger partial charge in [0, 0.05) is 17.9 Å². The number of carbonyl (C=O) groups excluding carboxylic acids is 1. The third-order valence-electron chi connectivity index (χ3n) is 11.1. The Morgan fingerprint density at radius 3 is 2.05 bits per heavy atom. The van der Waals surface area contributed by atoms with Gasteiger partial charge in [0.2, 0.25) is 0 Å². The SMILES string of the molecule is COc1ccc(COCO[C@@H](CC(=O)/C(C)=C/CO[Si](C)(C)C(C)(C)C)[C@]2(C)C[C@@H](O[Si](C)(C)C(C)(C)C)CC2(C)C)cc1. The van der Waals surface area contributed by atoms with Crippen LogP contribution in [0.3, 0.4) is 0 Å². The van der Waals surface area contributed by atoms with Crippen molar-refractivity contribution in [3.63, 3.8) is 0 Å². The van der Waals surface area contributed by atoms with Crippen molar-refractivity contribution in [1.29, 1.82) is 0 Å². The number of carbonyl (C=O) groups is 1. The van der Waals surface area contributed by atoms with Crippen molar-refractivity contribution in [2.24, 2.45) is 10.8 Å². The van der Waals surface area contributed by atoms with Crippen LogP contribution >= 0.6 is 0 Å². The summed E-state index contributed by atoms with van der Waals surface area (Å²) in [5, 5.41) is 0.251. The first-order valence-corrected chi connectivity index (χ1v) is 22.1. The average Bonchev–Trinajstić information content (AvgIpc) is 3.11. The number of hydrogen-bond acceptors (Lipinski definition) is 6. The number of Topliss-reactive ketones (excluding diaryl/α,β-unsaturated/α-hetero) is 1. The lowest BCUT2D eigenvalue weighted by Gasteiger charge is -2.44. The van der Waals surface area contributed by atoms with Crippen LogP contribution in [0.5, 0.6) is 5.75 Å². The molecule has 0 N–H and O–H groups in total. The summed E-state index contributed by atoms with van der Waals surface area (Å²) < 4.78 is 31.1. The van der Waals surface area contributed by atoms with Crippen molar-refractivity contribution in [3.8, 4) is 5.75 Å². The summed E-state index contributed by atoms with van der Waals surface area (Å²) in [4.78, 5) is 13.7. The van der Waals surface area contributed by atoms with Gasteiger partial charge in [0.05, 0.1) is 26.4 Å². The number of allylic oxidation sites excluding steroid dienone is 1. The molecule has 2 rings (SSSR count). The molecule has 0 aromatic heterocycles. The zero-order chi connectivity index (χ0) is 33.8. The van der Waals surface area contributed by atoms with Crippen LogP contribution in [0, 0.1) is 10.8 Å². The third-order valence-corrected chi connectivity index (χ3v) is 20.2. The number of ether oxygens (including phenoxy) is 3. The van der Waals surface area contributed by atoms with E-state index in [1.807, 2.05) is 37.3 Å². The summed E-state index contributed by atoms with van der Waals surface area (Å²) in [6, 6.07) is 7.83. The smallest absolute Gasteiger partial charge is 0.192 e. The molecule has 8 heteroatoms. The second kappa shape index (κ2) is 14.6. The number of ketones is 1. The molecule has 1 saturated carbocycles. The van der Waals surface area contributed by atoms with Gasteiger partial charge in [-0.2, -0.15) is 0 Å². The Balaban J connectivity index is 2.23. The van der Waals surface area contributed by atoms with Crippen molar-refractivity contribution in [2.45, 2.75) is 144 Å². The summed E-state index contributed by atoms with van der Waals surface area (Å²) in [6.07, 6.45) is 3.84. The van der Waals surface area contributed by atoms with Crippen molar-refractivity contribution >= 4 is 22.4 Å². The highest BCUT2D eigenvalue weighted by Gasteiger charge is 2.56. The maximum atomic E-state index is 13.7. The van der Waals surface area contributed by atoms with Crippen LogP contribution in [0.4, 0.5) is 0 Å². The normalized spacial score (nSPS) is 22.2. The highest BCUT2D eigenvalue weighted by atomic mass is 28.4. The molecule has 1 aromatic carbocycles. The molecule has 0 bridgehead atoms. The summed E-state index contributed by atoms with van der Waals surface area (Å²) in [5.41, 5.74) is 1.39. The molecule has 0 amide bonds. The van der Waals surface area contributed by atoms with Gasteiger partial charge in [-0.15, -0.1) is 0 Å². The van der Waals surface area contributed by atoms with Crippen molar-refractivity contribution in [2.75, 3.05) is 20.5 Å². The van der Waals surface area contributed by atoms with Gasteiger partial charge in [-0.1, -0.05) is 80.5 Å². The van der Waals surface area contributed by atoms with Crippen LogP contribution < -0.4 is 4.74 Å². The molecule has 0 aliphatic heterocycles. The van der Waals surface area contributed by atoms with E-state index in [4.69, 9.17) is 23.1 Å². The van der Waals surface area contributed by atoms with Crippen molar-refractivity contribution in [3.05, 3.63) is 41.5 Å². The molecule has 1 aliphatic rings. The number of rotatable bonds is 15. The lowest BCUT2D eigenvalue weighted by atomic mass is 9.65. The Bertz CT molecular complexity index is 1110. The van der Waals surface area contributed by atoms with Gasteiger partial charge >= 0.3 is 0 Å². The van der Waals surface area contributed by atoms with Gasteiger partial charge in [0.25, 0.3) is 0 Å². The molecule has 0 saturated heterocycles. The fraction of sp³-hybridized carbons (Fsp3) is 0.750. The predicted molar refractivity (Wildman–Crippen MR) is 187 cm³/mol. The van der Waals surface area contributed by atoms with Crippen LogP contribution in [0.1, 0.15) is 94.1 Å². The summed E-state index contributed by atoms with van der Waals surface area (Å²) in [7, 11) is -2.20. The van der Waals surface area contributed by atoms with E-state index in [0.717, 1.165) is 29.7 Å². The zero-order valence-electron chi connectivity index (χ0n) is 30.7. The minimum absolute atomic E-state index is 0.0924. The highest BCUT2D eigenvalue weighted by Crippen LogP contribution is 2.57. The monoisotopic (exact) mass is 648 g/mol. The quantitative estimate of drug-likeness (QED) is 0.0817. The molecule has 0 spiro atoms. The standard InChI is InChI=1S/C36H64O6Si2/c1-27(20-21-41-43(12,13)33(2,3)4)31(37)22-32(40-26-39-25-28-16-18-29(38-11)19-17-28)36(10)24-30(23-35(36,8)9)42-44(14,15)34(5,6)7/h16-20,30,32H,21-26H2,1-15H3/b27-20+/t30-,32-,36-/m0/s1. The molecule has 252 valence electrons. The minimum atomic E-state index is -1.96. The van der Waals surface area contributed by atoms with Crippen molar-refractivity contribution < 1.29 is 27.9 Å². The van der Waals surface area contributed by atoms with Crippen LogP contribution in [0.25, 0.3) is 0 Å². The topological polar surface area (TPSA) is 63.2 Å². The fourth-order valence-electron chi connectivity index (χ4n) is 5.38. The Morgan fingerprint density at radius 1 is 0.955 bits per heavy atom. The fourth-order valence-corrected chi connectivity index (χ4v) is 7.67. The first kappa shape index (κ1) is 38.9. The lowest BCUT2D eigenvalue weighted by molar-refractivity contribution is -0.158. The molecule has 0 heterocycles. The van der Waals surface area contributed by atoms with E-state index < -0.39 is 16.6 Å². The van der Waals surface area contributed by atoms with Crippen LogP contribution in [-0.4, -0.2) is 55.1 Å². The highest BCUT2D eigenvalue weighted by molar-refractivity contribution is 6.74. The first-order valence-electron chi connectivity index (χ1n) is 16.3. The lowest BCUT2D eigenvalue weighted by Crippen LogP contribution is -2.45. The maximum absolute atomic E-state index is 13.7. The van der Waals surface area contributed by atoms with E-state index in [2.05, 4.69) is 88.5 Å². The van der Waals surface area contributed by atoms with Gasteiger partial charge in [-0.3, -0.25) is 4.79 Å². The largest absolute Gasteiger partial charge is 0.497 e. The molecular formula is C36H64O6Si2. The third kappa shape index (κ3) is 9.85. The average molecular weight is 649 g/mol. The van der Waals surface area contributed by atoms with Crippen LogP contribution in [0.2, 0.25) is 36.3 Å². The molecule has 1 aromatic rings. The number of hydrogen-bond donors (Lipinski definition) is 0. The van der Waals surface area contributed by atoms with E-state index in [9.17, 15) is 4.79 Å². The van der Waals surface area contributed by atoms with Gasteiger partial charge in [0.15, 0.2) is 22.4 Å². The van der Waals surface area contributed by atoms with E-state index in [1.165, 1.54) is 0 Å². The molecular weight excluding hydrogens is 585 g/mol. The van der Waals surface area contributed by atoms with Crippen LogP contribution in [0.15, 0.2) is 35.9 Å². The molecule has 44 heavy (non-hydrogen) atoms. The Kier molecular flexibility index (Phi) is 12.9. The minimum Gasteiger partial charge on any atom is -0.497 e. The molecule has 3 atom stereocenters. The van der Waals surface area contributed by atoms with E-state index in [1.54, 1.807) is 7.11 Å². The Morgan fingerprint density at radius 2 is 1.52 bits per heavy atom. The van der Waals surface area contributed by atoms with Gasteiger partial charge in [0.1, 0.15) is 12.5 Å². The van der Waals surface area contributed by atoms with E-state index >= 15 is 0 Å². The van der Waals surface area contributed by atoms with Crippen molar-refractivity contribution in [1.82, 2.24) is 0 Å². The predicted octanol–water partition coefficient (Wildman–Crippen LogP) is 9.70. The maximum Gasteiger partial charge on any atom is 0.192 e. The first-order chi connectivity index (χ1) is 20.0. The Hall–Kier alpha value is -1.30. The molecule has 1 fully saturated rings. The van der Waals surface area contributed by atoms with E-state index in [0.29, 0.717) is 19.6 Å². The Labute approximate surface area is 271 Å². The van der Waals surface area contributed by atoms with Gasteiger partial charge < -0.3 is 23.1 Å². The molecule has 0 unspecified atom stereocenters. The summed E-state index contributed by atoms with van der Waals surface area (Å²) in [6.45, 7) is 32.4. The number of methoxy groups -OCH3 is 1. The molecule has 6 nitrogen and oxygen atoms in total.